The van der Waals surface area contributed by atoms with Gasteiger partial charge < -0.3 is 9.84 Å². The zero-order valence-corrected chi connectivity index (χ0v) is 15.8. The second kappa shape index (κ2) is 7.24. The number of rotatable bonds is 4. The molecule has 0 fully saturated rings. The van der Waals surface area contributed by atoms with E-state index < -0.39 is 4.92 Å². The molecular formula is C20H12BrN3O4. The normalized spacial score (nSPS) is 10.8. The fourth-order valence-corrected chi connectivity index (χ4v) is 3.06. The van der Waals surface area contributed by atoms with Crippen LogP contribution >= 0.6 is 15.9 Å². The van der Waals surface area contributed by atoms with Crippen molar-refractivity contribution in [1.82, 2.24) is 5.16 Å². The van der Waals surface area contributed by atoms with Gasteiger partial charge in [-0.25, -0.2) is 0 Å². The number of nitro benzene ring substituents is 1. The van der Waals surface area contributed by atoms with Crippen molar-refractivity contribution in [3.8, 4) is 11.3 Å². The minimum atomic E-state index is -0.511. The summed E-state index contributed by atoms with van der Waals surface area (Å²) in [6.45, 7) is 0. The molecular weight excluding hydrogens is 426 g/mol. The molecule has 0 spiro atoms. The Balaban J connectivity index is 1.66. The summed E-state index contributed by atoms with van der Waals surface area (Å²) in [5, 5.41) is 18.3. The van der Waals surface area contributed by atoms with Crippen LogP contribution in [0.3, 0.4) is 0 Å². The molecule has 3 aromatic carbocycles. The highest BCUT2D eigenvalue weighted by molar-refractivity contribution is 9.10. The van der Waals surface area contributed by atoms with Crippen LogP contribution in [0.1, 0.15) is 10.4 Å². The first kappa shape index (κ1) is 17.9. The van der Waals surface area contributed by atoms with Gasteiger partial charge in [0.2, 0.25) is 0 Å². The first-order valence-electron chi connectivity index (χ1n) is 8.22. The SMILES string of the molecule is O=C(Nc1cccc([N+](=O)[O-])c1)c1ccc2noc(-c3ccc(Br)cc3)c2c1. The standard InChI is InChI=1S/C20H12BrN3O4/c21-14-7-4-12(5-8-14)19-17-10-13(6-9-18(17)23-28-19)20(25)22-15-2-1-3-16(11-15)24(26)27/h1-11H,(H,22,25). The van der Waals surface area contributed by atoms with Gasteiger partial charge in [-0.05, 0) is 48.5 Å². The molecule has 0 saturated carbocycles. The maximum atomic E-state index is 12.6. The number of non-ortho nitro benzene ring substituents is 1. The van der Waals surface area contributed by atoms with Crippen LogP contribution in [0.25, 0.3) is 22.2 Å². The number of halogens is 1. The molecule has 1 heterocycles. The quantitative estimate of drug-likeness (QED) is 0.339. The zero-order valence-electron chi connectivity index (χ0n) is 14.3. The van der Waals surface area contributed by atoms with Crippen molar-refractivity contribution in [3.05, 3.63) is 86.9 Å². The number of hydrogen-bond donors (Lipinski definition) is 1. The van der Waals surface area contributed by atoms with E-state index in [1.165, 1.54) is 18.2 Å². The van der Waals surface area contributed by atoms with E-state index in [9.17, 15) is 14.9 Å². The second-order valence-electron chi connectivity index (χ2n) is 6.01. The van der Waals surface area contributed by atoms with Gasteiger partial charge in [-0.3, -0.25) is 14.9 Å². The largest absolute Gasteiger partial charge is 0.355 e. The number of amides is 1. The van der Waals surface area contributed by atoms with Crippen molar-refractivity contribution in [3.63, 3.8) is 0 Å². The Bertz CT molecular complexity index is 1200. The summed E-state index contributed by atoms with van der Waals surface area (Å²) in [7, 11) is 0. The lowest BCUT2D eigenvalue weighted by Crippen LogP contribution is -2.11. The van der Waals surface area contributed by atoms with Crippen molar-refractivity contribution >= 4 is 44.1 Å². The zero-order chi connectivity index (χ0) is 19.7. The van der Waals surface area contributed by atoms with Crippen molar-refractivity contribution in [2.75, 3.05) is 5.32 Å². The summed E-state index contributed by atoms with van der Waals surface area (Å²) in [5.74, 6) is 0.179. The number of nitrogens with one attached hydrogen (secondary N) is 1. The van der Waals surface area contributed by atoms with E-state index in [-0.39, 0.29) is 11.6 Å². The second-order valence-corrected chi connectivity index (χ2v) is 6.93. The average molecular weight is 438 g/mol. The molecule has 1 amide bonds. The fraction of sp³-hybridized carbons (Fsp3) is 0. The smallest absolute Gasteiger partial charge is 0.271 e. The third kappa shape index (κ3) is 3.49. The van der Waals surface area contributed by atoms with Gasteiger partial charge in [0.05, 0.1) is 10.3 Å². The highest BCUT2D eigenvalue weighted by Gasteiger charge is 2.15. The number of carbonyl (C=O) groups excluding carboxylic acids is 1. The Kier molecular flexibility index (Phi) is 4.62. The van der Waals surface area contributed by atoms with Crippen molar-refractivity contribution in [2.45, 2.75) is 0 Å². The lowest BCUT2D eigenvalue weighted by Gasteiger charge is -2.05. The lowest BCUT2D eigenvalue weighted by atomic mass is 10.1. The van der Waals surface area contributed by atoms with Crippen LogP contribution in [0.2, 0.25) is 0 Å². The number of nitro groups is 1. The third-order valence-corrected chi connectivity index (χ3v) is 4.69. The predicted octanol–water partition coefficient (Wildman–Crippen LogP) is 5.42. The van der Waals surface area contributed by atoms with E-state index in [4.69, 9.17) is 4.52 Å². The van der Waals surface area contributed by atoms with E-state index in [1.54, 1.807) is 24.3 Å². The monoisotopic (exact) mass is 437 g/mol. The highest BCUT2D eigenvalue weighted by atomic mass is 79.9. The number of fused-ring (bicyclic) bond motifs is 1. The minimum Gasteiger partial charge on any atom is -0.355 e. The molecule has 7 nitrogen and oxygen atoms in total. The summed E-state index contributed by atoms with van der Waals surface area (Å²) in [6, 6.07) is 18.4. The summed E-state index contributed by atoms with van der Waals surface area (Å²) >= 11 is 3.39. The van der Waals surface area contributed by atoms with Crippen LogP contribution in [-0.2, 0) is 0 Å². The van der Waals surface area contributed by atoms with Gasteiger partial charge >= 0.3 is 0 Å². The Morgan fingerprint density at radius 2 is 1.86 bits per heavy atom. The lowest BCUT2D eigenvalue weighted by molar-refractivity contribution is -0.384. The summed E-state index contributed by atoms with van der Waals surface area (Å²) in [6.07, 6.45) is 0. The Labute approximate surface area is 167 Å². The Hall–Kier alpha value is -3.52. The minimum absolute atomic E-state index is 0.0928. The molecule has 1 aromatic heterocycles. The van der Waals surface area contributed by atoms with Crippen LogP contribution in [0.15, 0.2) is 75.7 Å². The third-order valence-electron chi connectivity index (χ3n) is 4.16. The van der Waals surface area contributed by atoms with E-state index in [0.717, 1.165) is 10.0 Å². The van der Waals surface area contributed by atoms with Crippen LogP contribution in [-0.4, -0.2) is 16.0 Å². The molecule has 1 N–H and O–H groups in total. The van der Waals surface area contributed by atoms with Gasteiger partial charge in [0.25, 0.3) is 11.6 Å². The van der Waals surface area contributed by atoms with Gasteiger partial charge in [0, 0.05) is 33.4 Å². The van der Waals surface area contributed by atoms with Gasteiger partial charge in [-0.1, -0.05) is 27.2 Å². The van der Waals surface area contributed by atoms with E-state index in [2.05, 4.69) is 26.4 Å². The van der Waals surface area contributed by atoms with Gasteiger partial charge in [-0.15, -0.1) is 0 Å². The maximum absolute atomic E-state index is 12.6. The Morgan fingerprint density at radius 1 is 1.07 bits per heavy atom. The molecule has 0 saturated heterocycles. The molecule has 8 heteroatoms. The topological polar surface area (TPSA) is 98.3 Å². The van der Waals surface area contributed by atoms with E-state index in [1.807, 2.05) is 24.3 Å². The molecule has 0 bridgehead atoms. The fourth-order valence-electron chi connectivity index (χ4n) is 2.79. The molecule has 0 radical (unpaired) electrons. The van der Waals surface area contributed by atoms with Crippen LogP contribution in [0.4, 0.5) is 11.4 Å². The first-order chi connectivity index (χ1) is 13.5. The molecule has 138 valence electrons. The molecule has 0 aliphatic rings. The molecule has 0 unspecified atom stereocenters. The van der Waals surface area contributed by atoms with Gasteiger partial charge in [0.1, 0.15) is 5.52 Å². The summed E-state index contributed by atoms with van der Waals surface area (Å²) in [5.41, 5.74) is 2.11. The summed E-state index contributed by atoms with van der Waals surface area (Å²) < 4.78 is 6.41. The predicted molar refractivity (Wildman–Crippen MR) is 108 cm³/mol. The van der Waals surface area contributed by atoms with Crippen molar-refractivity contribution in [1.29, 1.82) is 0 Å². The highest BCUT2D eigenvalue weighted by Crippen LogP contribution is 2.30. The molecule has 0 atom stereocenters. The van der Waals surface area contributed by atoms with E-state index in [0.29, 0.717) is 27.9 Å². The number of carbonyl (C=O) groups is 1. The average Bonchev–Trinajstić information content (AvgIpc) is 3.12. The van der Waals surface area contributed by atoms with E-state index >= 15 is 0 Å². The maximum Gasteiger partial charge on any atom is 0.271 e. The van der Waals surface area contributed by atoms with Crippen LogP contribution in [0.5, 0.6) is 0 Å². The van der Waals surface area contributed by atoms with Crippen LogP contribution in [0, 0.1) is 10.1 Å². The summed E-state index contributed by atoms with van der Waals surface area (Å²) in [4.78, 5) is 23.0. The number of hydrogen-bond acceptors (Lipinski definition) is 5. The molecule has 4 aromatic rings. The Morgan fingerprint density at radius 3 is 2.61 bits per heavy atom. The first-order valence-corrected chi connectivity index (χ1v) is 9.02. The van der Waals surface area contributed by atoms with Gasteiger partial charge in [-0.2, -0.15) is 0 Å². The molecule has 0 aliphatic heterocycles. The van der Waals surface area contributed by atoms with Gasteiger partial charge in [0.15, 0.2) is 5.76 Å². The number of benzene rings is 3. The number of nitrogens with zero attached hydrogens (tertiary/aromatic N) is 2. The molecule has 4 rings (SSSR count). The molecule has 28 heavy (non-hydrogen) atoms. The van der Waals surface area contributed by atoms with Crippen LogP contribution < -0.4 is 5.32 Å². The number of anilines is 1. The number of aromatic nitrogens is 1. The van der Waals surface area contributed by atoms with Crippen molar-refractivity contribution < 1.29 is 14.2 Å². The van der Waals surface area contributed by atoms with Crippen molar-refractivity contribution in [2.24, 2.45) is 0 Å². The molecule has 0 aliphatic carbocycles.